The van der Waals surface area contributed by atoms with Gasteiger partial charge in [-0.15, -0.1) is 0 Å². The molecule has 2 N–H and O–H groups in total. The number of hydrogen-bond acceptors (Lipinski definition) is 3. The second kappa shape index (κ2) is 5.94. The molecular weight excluding hydrogens is 429 g/mol. The number of benzene rings is 2. The van der Waals surface area contributed by atoms with Gasteiger partial charge in [0.05, 0.1) is 10.2 Å². The molecule has 0 bridgehead atoms. The van der Waals surface area contributed by atoms with E-state index in [1.54, 1.807) is 6.92 Å². The molecule has 0 aliphatic rings. The number of sulfonamides is 1. The van der Waals surface area contributed by atoms with E-state index in [1.807, 2.05) is 0 Å². The van der Waals surface area contributed by atoms with Crippen LogP contribution >= 0.6 is 31.9 Å². The fourth-order valence-electron chi connectivity index (χ4n) is 1.63. The highest BCUT2D eigenvalue weighted by molar-refractivity contribution is 9.11. The number of hydrogen-bond donors (Lipinski definition) is 2. The largest absolute Gasteiger partial charge is 0.507 e. The van der Waals surface area contributed by atoms with Crippen molar-refractivity contribution in [3.63, 3.8) is 0 Å². The maximum Gasteiger partial charge on any atom is 0.264 e. The number of anilines is 1. The monoisotopic (exact) mass is 437 g/mol. The highest BCUT2D eigenvalue weighted by Crippen LogP contribution is 2.35. The molecule has 4 nitrogen and oxygen atoms in total. The fraction of sp³-hybridized carbons (Fsp3) is 0.0769. The van der Waals surface area contributed by atoms with E-state index < -0.39 is 20.7 Å². The molecule has 0 heterocycles. The average Bonchev–Trinajstić information content (AvgIpc) is 2.38. The summed E-state index contributed by atoms with van der Waals surface area (Å²) in [4.78, 5) is -0.447. The van der Waals surface area contributed by atoms with Crippen LogP contribution in [0.1, 0.15) is 5.56 Å². The molecule has 0 amide bonds. The van der Waals surface area contributed by atoms with E-state index in [0.29, 0.717) is 14.5 Å². The van der Waals surface area contributed by atoms with Crippen molar-refractivity contribution < 1.29 is 17.9 Å². The van der Waals surface area contributed by atoms with Crippen LogP contribution < -0.4 is 4.72 Å². The van der Waals surface area contributed by atoms with Gasteiger partial charge < -0.3 is 5.11 Å². The molecule has 2 rings (SSSR count). The topological polar surface area (TPSA) is 66.4 Å². The molecule has 21 heavy (non-hydrogen) atoms. The van der Waals surface area contributed by atoms with Crippen LogP contribution in [0, 0.1) is 12.7 Å². The molecule has 0 radical (unpaired) electrons. The Bertz CT molecular complexity index is 809. The minimum Gasteiger partial charge on any atom is -0.507 e. The molecule has 0 aliphatic heterocycles. The summed E-state index contributed by atoms with van der Waals surface area (Å²) >= 11 is 6.29. The van der Waals surface area contributed by atoms with Gasteiger partial charge >= 0.3 is 0 Å². The lowest BCUT2D eigenvalue weighted by atomic mass is 10.2. The molecule has 0 spiro atoms. The summed E-state index contributed by atoms with van der Waals surface area (Å²) in [5.41, 5.74) is 0.728. The Morgan fingerprint density at radius 1 is 1.14 bits per heavy atom. The van der Waals surface area contributed by atoms with Gasteiger partial charge in [-0.2, -0.15) is 0 Å². The zero-order chi connectivity index (χ0) is 15.8. The highest BCUT2D eigenvalue weighted by Gasteiger charge is 2.21. The Labute approximate surface area is 138 Å². The molecule has 0 unspecified atom stereocenters. The standard InChI is InChI=1S/C13H10Br2FNO3S/c1-7-2-3-10(16)13(4-7)21(19,20)17-11-6-12(18)9(15)5-8(11)14/h2-6,17-18H,1H3. The third-order valence-corrected chi connectivity index (χ3v) is 5.33. The Balaban J connectivity index is 2.47. The van der Waals surface area contributed by atoms with E-state index >= 15 is 0 Å². The zero-order valence-corrected chi connectivity index (χ0v) is 14.7. The lowest BCUT2D eigenvalue weighted by molar-refractivity contribution is 0.472. The van der Waals surface area contributed by atoms with Gasteiger partial charge in [0.25, 0.3) is 10.0 Å². The van der Waals surface area contributed by atoms with E-state index in [2.05, 4.69) is 36.6 Å². The Morgan fingerprint density at radius 2 is 1.81 bits per heavy atom. The van der Waals surface area contributed by atoms with Crippen LogP contribution in [0.25, 0.3) is 0 Å². The van der Waals surface area contributed by atoms with Gasteiger partial charge in [-0.1, -0.05) is 6.07 Å². The summed E-state index contributed by atoms with van der Waals surface area (Å²) in [5.74, 6) is -0.980. The molecule has 0 saturated heterocycles. The zero-order valence-electron chi connectivity index (χ0n) is 10.7. The first kappa shape index (κ1) is 16.3. The molecule has 2 aromatic rings. The number of phenolic OH excluding ortho intramolecular Hbond substituents is 1. The summed E-state index contributed by atoms with van der Waals surface area (Å²) in [6, 6.07) is 6.53. The smallest absolute Gasteiger partial charge is 0.264 e. The number of phenols is 1. The normalized spacial score (nSPS) is 11.4. The number of aromatic hydroxyl groups is 1. The van der Waals surface area contributed by atoms with Crippen molar-refractivity contribution in [1.29, 1.82) is 0 Å². The van der Waals surface area contributed by atoms with Crippen LogP contribution in [0.5, 0.6) is 5.75 Å². The summed E-state index contributed by atoms with van der Waals surface area (Å²) in [7, 11) is -4.10. The molecule has 0 atom stereocenters. The lowest BCUT2D eigenvalue weighted by Crippen LogP contribution is -2.15. The second-order valence-electron chi connectivity index (χ2n) is 4.32. The molecular formula is C13H10Br2FNO3S. The van der Waals surface area contributed by atoms with Gasteiger partial charge in [0.1, 0.15) is 16.5 Å². The average molecular weight is 439 g/mol. The van der Waals surface area contributed by atoms with Crippen LogP contribution in [0.4, 0.5) is 10.1 Å². The summed E-state index contributed by atoms with van der Waals surface area (Å²) in [5, 5.41) is 9.61. The first-order valence-corrected chi connectivity index (χ1v) is 8.74. The van der Waals surface area contributed by atoms with Gasteiger partial charge in [-0.3, -0.25) is 4.72 Å². The first-order valence-electron chi connectivity index (χ1n) is 5.67. The van der Waals surface area contributed by atoms with E-state index in [0.717, 1.165) is 6.07 Å². The third-order valence-electron chi connectivity index (χ3n) is 2.66. The Hall–Kier alpha value is -1.12. The highest BCUT2D eigenvalue weighted by atomic mass is 79.9. The SMILES string of the molecule is Cc1ccc(F)c(S(=O)(=O)Nc2cc(O)c(Br)cc2Br)c1. The summed E-state index contributed by atoms with van der Waals surface area (Å²) in [6.45, 7) is 1.67. The molecule has 0 fully saturated rings. The first-order chi connectivity index (χ1) is 9.70. The van der Waals surface area contributed by atoms with Crippen LogP contribution in [0.2, 0.25) is 0 Å². The number of nitrogens with one attached hydrogen (secondary N) is 1. The number of aryl methyl sites for hydroxylation is 1. The fourth-order valence-corrected chi connectivity index (χ4v) is 4.09. The van der Waals surface area contributed by atoms with E-state index in [-0.39, 0.29) is 11.4 Å². The van der Waals surface area contributed by atoms with Crippen molar-refractivity contribution in [3.05, 3.63) is 50.7 Å². The maximum absolute atomic E-state index is 13.7. The van der Waals surface area contributed by atoms with E-state index in [1.165, 1.54) is 24.3 Å². The predicted molar refractivity (Wildman–Crippen MR) is 85.5 cm³/mol. The molecule has 0 saturated carbocycles. The van der Waals surface area contributed by atoms with Crippen LogP contribution in [-0.4, -0.2) is 13.5 Å². The van der Waals surface area contributed by atoms with Crippen LogP contribution in [-0.2, 0) is 10.0 Å². The summed E-state index contributed by atoms with van der Waals surface area (Å²) in [6.07, 6.45) is 0. The summed E-state index contributed by atoms with van der Waals surface area (Å²) < 4.78 is 41.3. The van der Waals surface area contributed by atoms with Crippen molar-refractivity contribution >= 4 is 47.6 Å². The molecule has 8 heteroatoms. The molecule has 112 valence electrons. The van der Waals surface area contributed by atoms with Crippen molar-refractivity contribution in [3.8, 4) is 5.75 Å². The Kier molecular flexibility index (Phi) is 4.60. The van der Waals surface area contributed by atoms with Gasteiger partial charge in [-0.25, -0.2) is 12.8 Å². The van der Waals surface area contributed by atoms with Gasteiger partial charge in [-0.05, 0) is 62.5 Å². The third kappa shape index (κ3) is 3.56. The second-order valence-corrected chi connectivity index (χ2v) is 7.68. The molecule has 0 aliphatic carbocycles. The Morgan fingerprint density at radius 3 is 2.48 bits per heavy atom. The molecule has 2 aromatic carbocycles. The number of halogens is 3. The van der Waals surface area contributed by atoms with Crippen LogP contribution in [0.3, 0.4) is 0 Å². The van der Waals surface area contributed by atoms with E-state index in [9.17, 15) is 17.9 Å². The van der Waals surface area contributed by atoms with Crippen LogP contribution in [0.15, 0.2) is 44.2 Å². The maximum atomic E-state index is 13.7. The van der Waals surface area contributed by atoms with E-state index in [4.69, 9.17) is 0 Å². The predicted octanol–water partition coefficient (Wildman–Crippen LogP) is 4.17. The van der Waals surface area contributed by atoms with Crippen molar-refractivity contribution in [2.24, 2.45) is 0 Å². The molecule has 0 aromatic heterocycles. The minimum atomic E-state index is -4.10. The quantitative estimate of drug-likeness (QED) is 0.755. The van der Waals surface area contributed by atoms with Gasteiger partial charge in [0.15, 0.2) is 0 Å². The van der Waals surface area contributed by atoms with Crippen molar-refractivity contribution in [2.45, 2.75) is 11.8 Å². The van der Waals surface area contributed by atoms with Crippen molar-refractivity contribution in [2.75, 3.05) is 4.72 Å². The lowest BCUT2D eigenvalue weighted by Gasteiger charge is -2.12. The minimum absolute atomic E-state index is 0.108. The van der Waals surface area contributed by atoms with Crippen molar-refractivity contribution in [1.82, 2.24) is 0 Å². The number of rotatable bonds is 3. The van der Waals surface area contributed by atoms with Gasteiger partial charge in [0.2, 0.25) is 0 Å². The van der Waals surface area contributed by atoms with Gasteiger partial charge in [0, 0.05) is 10.5 Å².